The molecule has 0 amide bonds. The van der Waals surface area contributed by atoms with Crippen LogP contribution in [0.3, 0.4) is 0 Å². The van der Waals surface area contributed by atoms with E-state index < -0.39 is 37.3 Å². The molecule has 1 aromatic heterocycles. The average molecular weight is 281 g/mol. The number of aliphatic hydroxyl groups excluding tert-OH is 4. The highest BCUT2D eigenvalue weighted by molar-refractivity contribution is 5.73. The van der Waals surface area contributed by atoms with Crippen molar-refractivity contribution < 1.29 is 25.2 Å². The summed E-state index contributed by atoms with van der Waals surface area (Å²) < 4.78 is 6.76. The third kappa shape index (κ3) is 1.98. The Kier molecular flexibility index (Phi) is 3.40. The highest BCUT2D eigenvalue weighted by atomic mass is 16.6. The summed E-state index contributed by atoms with van der Waals surface area (Å²) in [4.78, 5) is 0. The molecule has 0 aliphatic carbocycles. The molecule has 0 spiro atoms. The average Bonchev–Trinajstić information content (AvgIpc) is 2.89. The smallest absolute Gasteiger partial charge is 0.181 e. The number of fused-ring (bicyclic) bond motifs is 1. The number of ether oxygens (including phenoxy) is 1. The zero-order valence-electron chi connectivity index (χ0n) is 10.4. The second-order valence-electron chi connectivity index (χ2n) is 4.74. The summed E-state index contributed by atoms with van der Waals surface area (Å²) >= 11 is 0. The van der Waals surface area contributed by atoms with Crippen molar-refractivity contribution in [2.24, 2.45) is 0 Å². The molecule has 8 nitrogen and oxygen atoms in total. The van der Waals surface area contributed by atoms with E-state index in [0.29, 0.717) is 11.0 Å². The van der Waals surface area contributed by atoms with Crippen molar-refractivity contribution in [1.82, 2.24) is 15.0 Å². The largest absolute Gasteiger partial charge is 0.394 e. The zero-order valence-corrected chi connectivity index (χ0v) is 10.4. The summed E-state index contributed by atoms with van der Waals surface area (Å²) in [5.74, 6) is 0. The van der Waals surface area contributed by atoms with Crippen LogP contribution < -0.4 is 0 Å². The summed E-state index contributed by atoms with van der Waals surface area (Å²) in [5.41, 5.74) is 1.24. The quantitative estimate of drug-likeness (QED) is 0.523. The van der Waals surface area contributed by atoms with Crippen LogP contribution in [0.1, 0.15) is 6.23 Å². The van der Waals surface area contributed by atoms with Crippen LogP contribution in [0.15, 0.2) is 24.3 Å². The molecule has 1 aliphatic rings. The molecule has 0 saturated carbocycles. The van der Waals surface area contributed by atoms with Gasteiger partial charge in [-0.25, -0.2) is 4.68 Å². The molecule has 0 radical (unpaired) electrons. The zero-order chi connectivity index (χ0) is 14.3. The van der Waals surface area contributed by atoms with E-state index >= 15 is 0 Å². The number of hydrogen-bond donors (Lipinski definition) is 4. The third-order valence-electron chi connectivity index (χ3n) is 3.49. The number of para-hydroxylation sites is 1. The second-order valence-corrected chi connectivity index (χ2v) is 4.74. The van der Waals surface area contributed by atoms with E-state index in [9.17, 15) is 20.4 Å². The lowest BCUT2D eigenvalue weighted by Crippen LogP contribution is -2.56. The minimum Gasteiger partial charge on any atom is -0.394 e. The summed E-state index contributed by atoms with van der Waals surface area (Å²) in [6, 6.07) is 7.08. The molecule has 3 rings (SSSR count). The number of hydrogen-bond acceptors (Lipinski definition) is 7. The highest BCUT2D eigenvalue weighted by Crippen LogP contribution is 2.29. The fourth-order valence-electron chi connectivity index (χ4n) is 2.36. The van der Waals surface area contributed by atoms with Gasteiger partial charge in [0.25, 0.3) is 0 Å². The van der Waals surface area contributed by atoms with E-state index in [4.69, 9.17) is 4.74 Å². The second kappa shape index (κ2) is 5.08. The molecule has 0 unspecified atom stereocenters. The molecule has 2 aromatic rings. The van der Waals surface area contributed by atoms with Gasteiger partial charge in [-0.15, -0.1) is 5.10 Å². The lowest BCUT2D eigenvalue weighted by atomic mass is 9.98. The lowest BCUT2D eigenvalue weighted by molar-refractivity contribution is -0.253. The van der Waals surface area contributed by atoms with Crippen molar-refractivity contribution in [3.63, 3.8) is 0 Å². The van der Waals surface area contributed by atoms with E-state index in [1.54, 1.807) is 24.3 Å². The van der Waals surface area contributed by atoms with Crippen LogP contribution in [-0.2, 0) is 4.74 Å². The van der Waals surface area contributed by atoms with Crippen LogP contribution in [0.25, 0.3) is 11.0 Å². The van der Waals surface area contributed by atoms with Gasteiger partial charge in [-0.2, -0.15) is 0 Å². The van der Waals surface area contributed by atoms with E-state index in [2.05, 4.69) is 10.3 Å². The molecule has 1 fully saturated rings. The lowest BCUT2D eigenvalue weighted by Gasteiger charge is -2.39. The van der Waals surface area contributed by atoms with Gasteiger partial charge in [0, 0.05) is 0 Å². The molecule has 1 aliphatic heterocycles. The van der Waals surface area contributed by atoms with Crippen molar-refractivity contribution in [3.05, 3.63) is 24.3 Å². The van der Waals surface area contributed by atoms with Crippen LogP contribution in [0.4, 0.5) is 0 Å². The fraction of sp³-hybridized carbons (Fsp3) is 0.500. The Morgan fingerprint density at radius 3 is 2.60 bits per heavy atom. The van der Waals surface area contributed by atoms with Gasteiger partial charge in [-0.1, -0.05) is 17.3 Å². The van der Waals surface area contributed by atoms with Gasteiger partial charge in [0.05, 0.1) is 12.1 Å². The minimum atomic E-state index is -1.44. The molecule has 4 N–H and O–H groups in total. The molecule has 2 heterocycles. The summed E-state index contributed by atoms with van der Waals surface area (Å²) in [6.07, 6.45) is -6.20. The van der Waals surface area contributed by atoms with E-state index in [-0.39, 0.29) is 0 Å². The normalized spacial score (nSPS) is 34.5. The summed E-state index contributed by atoms with van der Waals surface area (Å²) in [6.45, 7) is -0.478. The van der Waals surface area contributed by atoms with Crippen LogP contribution in [0.5, 0.6) is 0 Å². The maximum atomic E-state index is 10.0. The van der Waals surface area contributed by atoms with Crippen molar-refractivity contribution in [2.45, 2.75) is 30.6 Å². The van der Waals surface area contributed by atoms with Gasteiger partial charge in [-0.05, 0) is 12.1 Å². The van der Waals surface area contributed by atoms with E-state index in [0.717, 1.165) is 0 Å². The van der Waals surface area contributed by atoms with E-state index in [1.165, 1.54) is 4.68 Å². The van der Waals surface area contributed by atoms with Crippen molar-refractivity contribution in [2.75, 3.05) is 6.61 Å². The SMILES string of the molecule is OC[C@H]1O[C@H](n2nnc3ccccc32)[C@H](O)[C@@H](O)[C@@H]1O. The molecular weight excluding hydrogens is 266 g/mol. The first-order valence-corrected chi connectivity index (χ1v) is 6.24. The fourth-order valence-corrected chi connectivity index (χ4v) is 2.36. The van der Waals surface area contributed by atoms with Crippen molar-refractivity contribution in [1.29, 1.82) is 0 Å². The number of aromatic nitrogens is 3. The first-order chi connectivity index (χ1) is 9.63. The first kappa shape index (κ1) is 13.4. The Hall–Kier alpha value is -1.58. The molecule has 5 atom stereocenters. The van der Waals surface area contributed by atoms with Crippen LogP contribution >= 0.6 is 0 Å². The van der Waals surface area contributed by atoms with Crippen LogP contribution in [0, 0.1) is 0 Å². The molecule has 108 valence electrons. The number of aliphatic hydroxyl groups is 4. The molecule has 1 aromatic carbocycles. The highest BCUT2D eigenvalue weighted by Gasteiger charge is 2.45. The summed E-state index contributed by atoms with van der Waals surface area (Å²) in [7, 11) is 0. The number of benzene rings is 1. The maximum Gasteiger partial charge on any atom is 0.181 e. The Balaban J connectivity index is 2.00. The van der Waals surface area contributed by atoms with Crippen LogP contribution in [0.2, 0.25) is 0 Å². The maximum absolute atomic E-state index is 10.0. The predicted molar refractivity (Wildman–Crippen MR) is 66.5 cm³/mol. The van der Waals surface area contributed by atoms with Gasteiger partial charge in [0.2, 0.25) is 0 Å². The molecule has 0 bridgehead atoms. The summed E-state index contributed by atoms with van der Waals surface area (Å²) in [5, 5.41) is 46.6. The Morgan fingerprint density at radius 1 is 1.10 bits per heavy atom. The monoisotopic (exact) mass is 281 g/mol. The Bertz CT molecular complexity index is 602. The standard InChI is InChI=1S/C12H15N3O5/c16-5-8-9(17)10(18)11(19)12(20-8)15-7-4-2-1-3-6(7)13-14-15/h1-4,8-12,16-19H,5H2/t8-,9-,10+,11-,12+/m1/s1. The van der Waals surface area contributed by atoms with Gasteiger partial charge >= 0.3 is 0 Å². The first-order valence-electron chi connectivity index (χ1n) is 6.24. The molecular formula is C12H15N3O5. The topological polar surface area (TPSA) is 121 Å². The predicted octanol–water partition coefficient (Wildman–Crippen LogP) is -1.60. The van der Waals surface area contributed by atoms with Crippen molar-refractivity contribution in [3.8, 4) is 0 Å². The molecule has 8 heteroatoms. The number of nitrogens with zero attached hydrogens (tertiary/aromatic N) is 3. The van der Waals surface area contributed by atoms with Gasteiger partial charge in [0.1, 0.15) is 29.9 Å². The Labute approximate surface area is 113 Å². The molecule has 1 saturated heterocycles. The third-order valence-corrected chi connectivity index (χ3v) is 3.49. The Morgan fingerprint density at radius 2 is 1.85 bits per heavy atom. The van der Waals surface area contributed by atoms with Gasteiger partial charge in [0.15, 0.2) is 6.23 Å². The number of rotatable bonds is 2. The van der Waals surface area contributed by atoms with Gasteiger partial charge in [-0.3, -0.25) is 0 Å². The van der Waals surface area contributed by atoms with Crippen molar-refractivity contribution >= 4 is 11.0 Å². The minimum absolute atomic E-state index is 0.478. The van der Waals surface area contributed by atoms with Crippen LogP contribution in [-0.4, -0.2) is 66.4 Å². The molecule has 20 heavy (non-hydrogen) atoms. The van der Waals surface area contributed by atoms with Gasteiger partial charge < -0.3 is 25.2 Å². The van der Waals surface area contributed by atoms with E-state index in [1.807, 2.05) is 0 Å².